The van der Waals surface area contributed by atoms with Gasteiger partial charge in [-0.2, -0.15) is 0 Å². The van der Waals surface area contributed by atoms with Gasteiger partial charge in [0, 0.05) is 6.61 Å². The second-order valence-electron chi connectivity index (χ2n) is 1.79. The van der Waals surface area contributed by atoms with Gasteiger partial charge in [0.05, 0.1) is 0 Å². The van der Waals surface area contributed by atoms with Crippen molar-refractivity contribution in [3.05, 3.63) is 0 Å². The van der Waals surface area contributed by atoms with E-state index in [9.17, 15) is 5.11 Å². The Bertz CT molecular complexity index is 43.8. The fourth-order valence-electron chi connectivity index (χ4n) is 0.394. The zero-order valence-electron chi connectivity index (χ0n) is 5.52. The number of hydrogen-bond donors (Lipinski definition) is 0. The van der Waals surface area contributed by atoms with Crippen LogP contribution in [0.4, 0.5) is 0 Å². The van der Waals surface area contributed by atoms with Crippen LogP contribution in [0.15, 0.2) is 0 Å². The summed E-state index contributed by atoms with van der Waals surface area (Å²) in [6.45, 7) is 4.19. The van der Waals surface area contributed by atoms with Crippen LogP contribution in [0.3, 0.4) is 0 Å². The van der Waals surface area contributed by atoms with Crippen LogP contribution in [-0.4, -0.2) is 12.9 Å². The lowest BCUT2D eigenvalue weighted by atomic mass is 10.4. The molecule has 0 heterocycles. The van der Waals surface area contributed by atoms with Gasteiger partial charge < -0.3 is 9.84 Å². The molecule has 1 atom stereocenters. The quantitative estimate of drug-likeness (QED) is 0.397. The zero-order chi connectivity index (χ0) is 6.41. The van der Waals surface area contributed by atoms with Crippen LogP contribution < -0.4 is 5.11 Å². The average molecular weight is 117 g/mol. The summed E-state index contributed by atoms with van der Waals surface area (Å²) in [6, 6.07) is 0. The van der Waals surface area contributed by atoms with E-state index in [1.807, 2.05) is 0 Å². The van der Waals surface area contributed by atoms with Gasteiger partial charge in [-0.1, -0.05) is 20.3 Å². The molecule has 0 saturated carbocycles. The number of hydrogen-bond acceptors (Lipinski definition) is 2. The Kier molecular flexibility index (Phi) is 5.01. The van der Waals surface area contributed by atoms with E-state index in [0.717, 1.165) is 12.8 Å². The standard InChI is InChI=1S/C6H13O2/c1-3-4-5-8-6(2)7/h6H,3-5H2,1-2H3/q-1. The van der Waals surface area contributed by atoms with Gasteiger partial charge in [-0.3, -0.25) is 0 Å². The van der Waals surface area contributed by atoms with Gasteiger partial charge in [-0.25, -0.2) is 0 Å². The van der Waals surface area contributed by atoms with Gasteiger partial charge >= 0.3 is 0 Å². The molecule has 0 aromatic carbocycles. The molecule has 2 heteroatoms. The number of rotatable bonds is 4. The lowest BCUT2D eigenvalue weighted by Crippen LogP contribution is -2.24. The molecule has 0 aliphatic rings. The summed E-state index contributed by atoms with van der Waals surface area (Å²) < 4.78 is 4.73. The van der Waals surface area contributed by atoms with Crippen molar-refractivity contribution in [3.8, 4) is 0 Å². The van der Waals surface area contributed by atoms with Gasteiger partial charge in [0.1, 0.15) is 0 Å². The minimum Gasteiger partial charge on any atom is -0.831 e. The topological polar surface area (TPSA) is 32.3 Å². The van der Waals surface area contributed by atoms with Gasteiger partial charge in [0.15, 0.2) is 0 Å². The zero-order valence-corrected chi connectivity index (χ0v) is 5.52. The first kappa shape index (κ1) is 7.92. The number of unbranched alkanes of at least 4 members (excludes halogenated alkanes) is 1. The maximum absolute atomic E-state index is 10.2. The third-order valence-electron chi connectivity index (χ3n) is 0.850. The Morgan fingerprint density at radius 2 is 2.25 bits per heavy atom. The number of ether oxygens (including phenoxy) is 1. The van der Waals surface area contributed by atoms with Crippen molar-refractivity contribution in [1.29, 1.82) is 0 Å². The molecule has 1 unspecified atom stereocenters. The Balaban J connectivity index is 2.72. The monoisotopic (exact) mass is 117 g/mol. The summed E-state index contributed by atoms with van der Waals surface area (Å²) in [5, 5.41) is 10.2. The fourth-order valence-corrected chi connectivity index (χ4v) is 0.394. The molecule has 0 aliphatic heterocycles. The normalized spacial score (nSPS) is 13.9. The van der Waals surface area contributed by atoms with E-state index >= 15 is 0 Å². The van der Waals surface area contributed by atoms with E-state index in [-0.39, 0.29) is 0 Å². The second-order valence-corrected chi connectivity index (χ2v) is 1.79. The summed E-state index contributed by atoms with van der Waals surface area (Å²) >= 11 is 0. The minimum absolute atomic E-state index is 0.612. The predicted molar refractivity (Wildman–Crippen MR) is 30.3 cm³/mol. The summed E-state index contributed by atoms with van der Waals surface area (Å²) in [4.78, 5) is 0. The molecule has 8 heavy (non-hydrogen) atoms. The maximum atomic E-state index is 10.2. The van der Waals surface area contributed by atoms with Gasteiger partial charge in [-0.15, -0.1) is 0 Å². The molecular weight excluding hydrogens is 104 g/mol. The fraction of sp³-hybridized carbons (Fsp3) is 1.00. The summed E-state index contributed by atoms with van der Waals surface area (Å²) in [5.41, 5.74) is 0. The van der Waals surface area contributed by atoms with Crippen molar-refractivity contribution in [3.63, 3.8) is 0 Å². The van der Waals surface area contributed by atoms with Crippen LogP contribution in [0.1, 0.15) is 26.7 Å². The molecule has 0 aliphatic carbocycles. The molecule has 0 N–H and O–H groups in total. The molecule has 0 fully saturated rings. The summed E-state index contributed by atoms with van der Waals surface area (Å²) in [5.74, 6) is 0. The third-order valence-corrected chi connectivity index (χ3v) is 0.850. The van der Waals surface area contributed by atoms with E-state index in [1.54, 1.807) is 0 Å². The van der Waals surface area contributed by atoms with Gasteiger partial charge in [-0.05, 0) is 12.7 Å². The highest BCUT2D eigenvalue weighted by molar-refractivity contribution is 4.30. The molecule has 2 nitrogen and oxygen atoms in total. The highest BCUT2D eigenvalue weighted by atomic mass is 16.6. The minimum atomic E-state index is -0.846. The first-order chi connectivity index (χ1) is 3.77. The van der Waals surface area contributed by atoms with Crippen LogP contribution >= 0.6 is 0 Å². The van der Waals surface area contributed by atoms with Crippen molar-refractivity contribution >= 4 is 0 Å². The first-order valence-corrected chi connectivity index (χ1v) is 3.04. The van der Waals surface area contributed by atoms with Gasteiger partial charge in [0.2, 0.25) is 0 Å². The first-order valence-electron chi connectivity index (χ1n) is 3.04. The van der Waals surface area contributed by atoms with E-state index in [0.29, 0.717) is 6.61 Å². The van der Waals surface area contributed by atoms with E-state index in [4.69, 9.17) is 4.74 Å². The van der Waals surface area contributed by atoms with Crippen molar-refractivity contribution < 1.29 is 9.84 Å². The molecule has 0 rings (SSSR count). The predicted octanol–water partition coefficient (Wildman–Crippen LogP) is 0.509. The highest BCUT2D eigenvalue weighted by Gasteiger charge is 1.83. The smallest absolute Gasteiger partial charge is 0.0451 e. The SMILES string of the molecule is CCCCOC(C)[O-]. The average Bonchev–Trinajstić information content (AvgIpc) is 1.66. The lowest BCUT2D eigenvalue weighted by Gasteiger charge is -2.15. The Morgan fingerprint density at radius 1 is 1.62 bits per heavy atom. The van der Waals surface area contributed by atoms with Crippen LogP contribution in [0.25, 0.3) is 0 Å². The maximum Gasteiger partial charge on any atom is 0.0451 e. The van der Waals surface area contributed by atoms with Crippen molar-refractivity contribution in [2.45, 2.75) is 33.0 Å². The Hall–Kier alpha value is -0.0800. The lowest BCUT2D eigenvalue weighted by molar-refractivity contribution is -0.484. The molecule has 0 saturated heterocycles. The Labute approximate surface area is 50.5 Å². The van der Waals surface area contributed by atoms with E-state index in [2.05, 4.69) is 6.92 Å². The van der Waals surface area contributed by atoms with Crippen LogP contribution in [0.2, 0.25) is 0 Å². The van der Waals surface area contributed by atoms with Crippen molar-refractivity contribution in [2.24, 2.45) is 0 Å². The van der Waals surface area contributed by atoms with E-state index in [1.165, 1.54) is 6.92 Å². The van der Waals surface area contributed by atoms with Crippen LogP contribution in [-0.2, 0) is 4.74 Å². The van der Waals surface area contributed by atoms with Gasteiger partial charge in [0.25, 0.3) is 0 Å². The van der Waals surface area contributed by atoms with Crippen molar-refractivity contribution in [2.75, 3.05) is 6.61 Å². The van der Waals surface area contributed by atoms with Crippen LogP contribution in [0.5, 0.6) is 0 Å². The summed E-state index contributed by atoms with van der Waals surface area (Å²) in [6.07, 6.45) is 1.24. The molecule has 0 bridgehead atoms. The highest BCUT2D eigenvalue weighted by Crippen LogP contribution is 1.88. The third kappa shape index (κ3) is 5.92. The van der Waals surface area contributed by atoms with E-state index < -0.39 is 6.29 Å². The Morgan fingerprint density at radius 3 is 2.62 bits per heavy atom. The summed E-state index contributed by atoms with van der Waals surface area (Å²) in [7, 11) is 0. The molecule has 0 spiro atoms. The molecule has 0 aromatic rings. The molecule has 0 radical (unpaired) electrons. The molecule has 0 amide bonds. The molecular formula is C6H13O2-. The molecule has 0 aromatic heterocycles. The van der Waals surface area contributed by atoms with Crippen molar-refractivity contribution in [1.82, 2.24) is 0 Å². The largest absolute Gasteiger partial charge is 0.831 e. The molecule has 50 valence electrons. The van der Waals surface area contributed by atoms with Crippen LogP contribution in [0, 0.1) is 0 Å². The second kappa shape index (κ2) is 5.06.